The Labute approximate surface area is 242 Å². The molecule has 0 bridgehead atoms. The first-order valence-corrected chi connectivity index (χ1v) is 13.3. The van der Waals surface area contributed by atoms with Crippen LogP contribution in [0.5, 0.6) is 28.7 Å². The number of ketones is 2. The van der Waals surface area contributed by atoms with E-state index in [1.807, 2.05) is 0 Å². The van der Waals surface area contributed by atoms with E-state index >= 15 is 0 Å². The summed E-state index contributed by atoms with van der Waals surface area (Å²) in [5.74, 6) is -2.30. The molecule has 2 aromatic heterocycles. The minimum absolute atomic E-state index is 0.0166. The maximum Gasteiger partial charge on any atom is 0.330 e. The van der Waals surface area contributed by atoms with E-state index in [0.29, 0.717) is 11.3 Å². The number of nitrogens with one attached hydrogen (secondary N) is 1. The first kappa shape index (κ1) is 27.3. The monoisotopic (exact) mass is 593 g/mol. The number of aromatic hydroxyl groups is 2. The van der Waals surface area contributed by atoms with Gasteiger partial charge in [0.25, 0.3) is 5.56 Å². The lowest BCUT2D eigenvalue weighted by atomic mass is 9.71. The van der Waals surface area contributed by atoms with Gasteiger partial charge in [-0.15, -0.1) is 0 Å². The highest BCUT2D eigenvalue weighted by Crippen LogP contribution is 2.53. The SMILES string of the molecule is COc1cc(OC)c2c(c1Cl)O[C@@]1(C(=O)c3cc4c(=O)[nH]c(=O)n(CCc5ccc(O)c(O)c5)c4nc3C[C@H]1C)C2=O. The number of carbonyl (C=O) groups is 2. The van der Waals surface area contributed by atoms with Crippen LogP contribution in [0.2, 0.25) is 5.02 Å². The van der Waals surface area contributed by atoms with Gasteiger partial charge in [0, 0.05) is 24.1 Å². The number of aromatic nitrogens is 3. The molecule has 3 N–H and O–H groups in total. The number of nitrogens with zero attached hydrogens (tertiary/aromatic N) is 2. The number of methoxy groups -OCH3 is 2. The second kappa shape index (κ2) is 9.62. The van der Waals surface area contributed by atoms with Crippen molar-refractivity contribution in [3.8, 4) is 28.7 Å². The number of fused-ring (bicyclic) bond motifs is 3. The van der Waals surface area contributed by atoms with Crippen LogP contribution < -0.4 is 25.5 Å². The Morgan fingerprint density at radius 3 is 2.50 bits per heavy atom. The molecule has 1 spiro atoms. The molecule has 0 amide bonds. The molecule has 0 saturated carbocycles. The number of benzene rings is 2. The number of Topliss-reactive ketones (excluding diaryl/α,β-unsaturated/α-hetero) is 2. The van der Waals surface area contributed by atoms with Gasteiger partial charge in [0.15, 0.2) is 17.2 Å². The van der Waals surface area contributed by atoms with Crippen molar-refractivity contribution >= 4 is 34.2 Å². The molecule has 13 heteroatoms. The average Bonchev–Trinajstić information content (AvgIpc) is 3.28. The first-order chi connectivity index (χ1) is 20.0. The molecule has 2 aromatic carbocycles. The van der Waals surface area contributed by atoms with Gasteiger partial charge in [0.05, 0.1) is 25.3 Å². The maximum atomic E-state index is 14.1. The molecule has 216 valence electrons. The summed E-state index contributed by atoms with van der Waals surface area (Å²) in [6.45, 7) is 1.75. The van der Waals surface area contributed by atoms with E-state index in [4.69, 9.17) is 25.8 Å². The van der Waals surface area contributed by atoms with Gasteiger partial charge in [-0.2, -0.15) is 0 Å². The molecule has 0 radical (unpaired) electrons. The van der Waals surface area contributed by atoms with Gasteiger partial charge in [-0.1, -0.05) is 24.6 Å². The van der Waals surface area contributed by atoms with E-state index in [1.165, 1.54) is 43.1 Å². The highest BCUT2D eigenvalue weighted by atomic mass is 35.5. The normalized spacial score (nSPS) is 19.1. The third kappa shape index (κ3) is 3.78. The van der Waals surface area contributed by atoms with Gasteiger partial charge in [-0.3, -0.25) is 23.9 Å². The number of hydrogen-bond acceptors (Lipinski definition) is 10. The van der Waals surface area contributed by atoms with E-state index in [9.17, 15) is 29.4 Å². The lowest BCUT2D eigenvalue weighted by Crippen LogP contribution is -2.57. The Hall–Kier alpha value is -4.84. The molecule has 1 aliphatic heterocycles. The fourth-order valence-corrected chi connectivity index (χ4v) is 5.96. The summed E-state index contributed by atoms with van der Waals surface area (Å²) in [5.41, 5.74) is -2.39. The van der Waals surface area contributed by atoms with Crippen LogP contribution in [0.1, 0.15) is 38.9 Å². The Kier molecular flexibility index (Phi) is 6.26. The van der Waals surface area contributed by atoms with Crippen LogP contribution in [0.15, 0.2) is 39.9 Å². The van der Waals surface area contributed by atoms with E-state index in [2.05, 4.69) is 9.97 Å². The number of aromatic amines is 1. The lowest BCUT2D eigenvalue weighted by Gasteiger charge is -2.36. The van der Waals surface area contributed by atoms with E-state index < -0.39 is 34.3 Å². The fourth-order valence-electron chi connectivity index (χ4n) is 5.70. The number of pyridine rings is 1. The molecule has 2 atom stereocenters. The standard InChI is InChI=1S/C29H24ClN3O9/c1-12-8-16-14(24(36)29(12)25(37)21-19(40-2)11-20(41-3)22(30)23(21)42-29)10-15-26(31-16)33(28(39)32-27(15)38)7-6-13-4-5-17(34)18(35)9-13/h4-5,9-12,34-35H,6-8H2,1-3H3,(H,32,38,39)/t12-,29+/m1/s1. The molecule has 42 heavy (non-hydrogen) atoms. The Morgan fingerprint density at radius 1 is 1.07 bits per heavy atom. The topological polar surface area (TPSA) is 170 Å². The van der Waals surface area contributed by atoms with Crippen molar-refractivity contribution in [3.63, 3.8) is 0 Å². The summed E-state index contributed by atoms with van der Waals surface area (Å²) < 4.78 is 18.1. The highest BCUT2D eigenvalue weighted by molar-refractivity contribution is 6.36. The molecular weight excluding hydrogens is 570 g/mol. The van der Waals surface area contributed by atoms with Crippen molar-refractivity contribution in [1.82, 2.24) is 14.5 Å². The van der Waals surface area contributed by atoms with Crippen LogP contribution in [0, 0.1) is 5.92 Å². The van der Waals surface area contributed by atoms with Crippen molar-refractivity contribution in [3.05, 3.63) is 78.6 Å². The summed E-state index contributed by atoms with van der Waals surface area (Å²) >= 11 is 6.48. The second-order valence-corrected chi connectivity index (χ2v) is 10.6. The van der Waals surface area contributed by atoms with Crippen LogP contribution in [0.4, 0.5) is 0 Å². The predicted octanol–water partition coefficient (Wildman–Crippen LogP) is 2.80. The van der Waals surface area contributed by atoms with Crippen molar-refractivity contribution in [2.75, 3.05) is 14.2 Å². The number of halogens is 1. The van der Waals surface area contributed by atoms with Crippen LogP contribution in [0.3, 0.4) is 0 Å². The Bertz CT molecular complexity index is 1970. The van der Waals surface area contributed by atoms with Gasteiger partial charge in [-0.25, -0.2) is 9.78 Å². The number of rotatable bonds is 5. The van der Waals surface area contributed by atoms with Gasteiger partial charge in [0.2, 0.25) is 17.2 Å². The summed E-state index contributed by atoms with van der Waals surface area (Å²) in [7, 11) is 2.77. The van der Waals surface area contributed by atoms with Crippen LogP contribution in [-0.2, 0) is 19.4 Å². The van der Waals surface area contributed by atoms with Crippen LogP contribution in [-0.4, -0.2) is 56.1 Å². The van der Waals surface area contributed by atoms with Crippen molar-refractivity contribution < 1.29 is 34.0 Å². The van der Waals surface area contributed by atoms with Crippen molar-refractivity contribution in [1.29, 1.82) is 0 Å². The van der Waals surface area contributed by atoms with Crippen molar-refractivity contribution in [2.24, 2.45) is 5.92 Å². The van der Waals surface area contributed by atoms with Gasteiger partial charge in [0.1, 0.15) is 27.7 Å². The smallest absolute Gasteiger partial charge is 0.330 e. The molecule has 0 saturated heterocycles. The zero-order chi connectivity index (χ0) is 30.1. The molecule has 12 nitrogen and oxygen atoms in total. The maximum absolute atomic E-state index is 14.1. The molecule has 6 rings (SSSR count). The molecule has 2 aliphatic rings. The first-order valence-electron chi connectivity index (χ1n) is 12.9. The number of phenols is 2. The van der Waals surface area contributed by atoms with Gasteiger partial charge >= 0.3 is 5.69 Å². The van der Waals surface area contributed by atoms with Gasteiger partial charge < -0.3 is 24.4 Å². The molecule has 1 aliphatic carbocycles. The van der Waals surface area contributed by atoms with Crippen LogP contribution >= 0.6 is 11.6 Å². The minimum Gasteiger partial charge on any atom is -0.504 e. The number of hydrogen-bond donors (Lipinski definition) is 3. The average molecular weight is 594 g/mol. The number of H-pyrrole nitrogens is 1. The summed E-state index contributed by atoms with van der Waals surface area (Å²) in [4.78, 5) is 60.6. The summed E-state index contributed by atoms with van der Waals surface area (Å²) in [6, 6.07) is 7.07. The zero-order valence-corrected chi connectivity index (χ0v) is 23.4. The molecule has 0 unspecified atom stereocenters. The fraction of sp³-hybridized carbons (Fsp3) is 0.276. The summed E-state index contributed by atoms with van der Waals surface area (Å²) in [5, 5.41) is 19.4. The zero-order valence-electron chi connectivity index (χ0n) is 22.6. The third-order valence-corrected chi connectivity index (χ3v) is 8.26. The molecule has 3 heterocycles. The Balaban J connectivity index is 1.45. The van der Waals surface area contributed by atoms with Crippen LogP contribution in [0.25, 0.3) is 11.0 Å². The lowest BCUT2D eigenvalue weighted by molar-refractivity contribution is 0.0257. The number of carbonyl (C=O) groups excluding carboxylic acids is 2. The molecule has 4 aromatic rings. The second-order valence-electron chi connectivity index (χ2n) is 10.2. The van der Waals surface area contributed by atoms with Gasteiger partial charge in [-0.05, 0) is 36.6 Å². The Morgan fingerprint density at radius 2 is 1.81 bits per heavy atom. The minimum atomic E-state index is -1.98. The van der Waals surface area contributed by atoms with E-state index in [0.717, 1.165) is 0 Å². The quantitative estimate of drug-likeness (QED) is 0.231. The predicted molar refractivity (Wildman–Crippen MR) is 150 cm³/mol. The largest absolute Gasteiger partial charge is 0.504 e. The molecular formula is C29H24ClN3O9. The third-order valence-electron chi connectivity index (χ3n) is 7.91. The number of aryl methyl sites for hydroxylation is 2. The molecule has 0 fully saturated rings. The van der Waals surface area contributed by atoms with E-state index in [-0.39, 0.29) is 75.3 Å². The number of ether oxygens (including phenoxy) is 3. The highest BCUT2D eigenvalue weighted by Gasteiger charge is 2.62. The van der Waals surface area contributed by atoms with E-state index in [1.54, 1.807) is 13.0 Å². The summed E-state index contributed by atoms with van der Waals surface area (Å²) in [6.07, 6.45) is 0.374. The number of phenolic OH excluding ortho intramolecular Hbond substituents is 2. The van der Waals surface area contributed by atoms with Crippen molar-refractivity contribution in [2.45, 2.75) is 31.9 Å².